The summed E-state index contributed by atoms with van der Waals surface area (Å²) in [4.78, 5) is 49.8. The lowest BCUT2D eigenvalue weighted by atomic mass is 9.78. The molecule has 69 heavy (non-hydrogen) atoms. The number of aliphatic hydroxyl groups is 4. The van der Waals surface area contributed by atoms with Gasteiger partial charge in [0.05, 0.1) is 36.2 Å². The van der Waals surface area contributed by atoms with Crippen LogP contribution in [0.1, 0.15) is 126 Å². The number of fused-ring (bicyclic) bond motifs is 3. The molecule has 2 saturated heterocycles. The number of terminal acetylenes is 1. The van der Waals surface area contributed by atoms with Gasteiger partial charge in [-0.05, 0) is 107 Å². The molecular weight excluding hydrogens is 885 g/mol. The van der Waals surface area contributed by atoms with Crippen LogP contribution in [0.15, 0.2) is 52.8 Å². The molecule has 15 heteroatoms. The number of ketones is 1. The fourth-order valence-electron chi connectivity index (χ4n) is 10.6. The van der Waals surface area contributed by atoms with Gasteiger partial charge in [-0.25, -0.2) is 4.79 Å². The highest BCUT2D eigenvalue weighted by Crippen LogP contribution is 2.38. The van der Waals surface area contributed by atoms with Gasteiger partial charge in [-0.2, -0.15) is 0 Å². The van der Waals surface area contributed by atoms with Gasteiger partial charge < -0.3 is 53.8 Å². The first-order valence-corrected chi connectivity index (χ1v) is 25.2. The summed E-state index contributed by atoms with van der Waals surface area (Å²) in [6, 6.07) is -1.11. The van der Waals surface area contributed by atoms with Crippen molar-refractivity contribution in [2.75, 3.05) is 34.5 Å². The van der Waals surface area contributed by atoms with Gasteiger partial charge in [0.15, 0.2) is 6.61 Å². The molecule has 388 valence electrons. The maximum Gasteiger partial charge on any atom is 0.329 e. The van der Waals surface area contributed by atoms with Crippen LogP contribution in [-0.4, -0.2) is 144 Å². The predicted octanol–water partition coefficient (Wildman–Crippen LogP) is 6.41. The number of rotatable bonds is 8. The Morgan fingerprint density at radius 3 is 2.30 bits per heavy atom. The number of carbonyl (C=O) groups is 3. The van der Waals surface area contributed by atoms with Crippen molar-refractivity contribution < 1.29 is 63.3 Å². The zero-order valence-electron chi connectivity index (χ0n) is 43.0. The van der Waals surface area contributed by atoms with Crippen LogP contribution in [0.2, 0.25) is 0 Å². The monoisotopic (exact) mass is 969 g/mol. The number of allylic oxidation sites excluding steroid dienone is 5. The fraction of sp³-hybridized carbons (Fsp3) is 0.741. The zero-order chi connectivity index (χ0) is 51.0. The molecule has 1 amide bonds. The number of oxime groups is 1. The number of aliphatic hydroxyl groups excluding tert-OH is 3. The summed E-state index contributed by atoms with van der Waals surface area (Å²) < 4.78 is 29.9. The number of nitrogens with zero attached hydrogens (tertiary/aromatic N) is 2. The SMILES string of the molecule is C#CCON=C1[C@H](C)C[C@H](C)/C=C/C=C/C=C(\C)[C@@H](OC)C[C@@H]2CC[C@@H](C)[C@@](O)(O2)C(=O)C(=O)N2CCCC[C@H]2C(=O)O[C@H]([C@H](C)C[C@@H]2CC[C@@H](O)[C@H](OC)C2)C[C@@H](O)[C@H](C)/C=C(\C)[C@@H](O)[C@H]1OC. The smallest absolute Gasteiger partial charge is 0.329 e. The van der Waals surface area contributed by atoms with E-state index in [-0.39, 0.29) is 55.8 Å². The average Bonchev–Trinajstić information content (AvgIpc) is 3.33. The van der Waals surface area contributed by atoms with Gasteiger partial charge in [0.25, 0.3) is 11.7 Å². The third-order valence-electron chi connectivity index (χ3n) is 15.0. The van der Waals surface area contributed by atoms with E-state index in [0.29, 0.717) is 69.1 Å². The summed E-state index contributed by atoms with van der Waals surface area (Å²) in [5, 5.41) is 50.7. The van der Waals surface area contributed by atoms with Crippen molar-refractivity contribution in [1.82, 2.24) is 4.90 Å². The molecule has 4 rings (SSSR count). The van der Waals surface area contributed by atoms with Crippen molar-refractivity contribution >= 4 is 23.4 Å². The van der Waals surface area contributed by atoms with Crippen LogP contribution in [0.3, 0.4) is 0 Å². The predicted molar refractivity (Wildman–Crippen MR) is 263 cm³/mol. The minimum atomic E-state index is -2.42. The van der Waals surface area contributed by atoms with Crippen LogP contribution in [0.4, 0.5) is 0 Å². The standard InChI is InChI=1S/C54H84N2O13/c1-12-26-67-55-48-37(6)27-33(2)18-14-13-15-19-34(3)45(64-9)31-41-23-21-39(8)54(63,69-41)51(60)52(61)56-25-17-16-20-42(56)53(62)68-46(36(5)29-40-22-24-43(57)47(30-40)65-10)32-44(58)35(4)28-38(7)49(59)50(48)66-11/h1,13-15,18-19,28,33,35-37,39-47,49-50,57-59,63H,16-17,20-27,29-32H2,2-11H3/b15-13+,18-14+,34-19+,38-28+,55-48?/t33-,35-,36-,37-,39-,40+,41+,42+,43-,44-,45+,46+,47-,49-,50+,54-/m1/s1. The third kappa shape index (κ3) is 15.9. The van der Waals surface area contributed by atoms with Gasteiger partial charge in [0.2, 0.25) is 5.79 Å². The first-order chi connectivity index (χ1) is 32.8. The highest BCUT2D eigenvalue weighted by atomic mass is 16.6. The number of carbonyl (C=O) groups excluding carboxylic acids is 3. The van der Waals surface area contributed by atoms with E-state index in [0.717, 1.165) is 12.0 Å². The van der Waals surface area contributed by atoms with E-state index >= 15 is 0 Å². The Labute approximate surface area is 411 Å². The lowest BCUT2D eigenvalue weighted by Crippen LogP contribution is -2.61. The highest BCUT2D eigenvalue weighted by molar-refractivity contribution is 6.39. The van der Waals surface area contributed by atoms with Crippen molar-refractivity contribution in [2.45, 2.75) is 186 Å². The lowest BCUT2D eigenvalue weighted by Gasteiger charge is -2.43. The van der Waals surface area contributed by atoms with Crippen LogP contribution in [0.5, 0.6) is 0 Å². The molecule has 3 fully saturated rings. The normalized spacial score (nSPS) is 40.2. The second-order valence-electron chi connectivity index (χ2n) is 20.4. The second kappa shape index (κ2) is 27.8. The number of cyclic esters (lactones) is 1. The van der Waals surface area contributed by atoms with E-state index in [1.54, 1.807) is 34.1 Å². The van der Waals surface area contributed by atoms with Gasteiger partial charge in [0.1, 0.15) is 24.4 Å². The Morgan fingerprint density at radius 2 is 1.62 bits per heavy atom. The van der Waals surface area contributed by atoms with Crippen LogP contribution in [0, 0.1) is 47.9 Å². The Kier molecular flexibility index (Phi) is 23.3. The summed E-state index contributed by atoms with van der Waals surface area (Å²) in [5.41, 5.74) is 1.89. The maximum atomic E-state index is 14.5. The molecule has 15 nitrogen and oxygen atoms in total. The fourth-order valence-corrected chi connectivity index (χ4v) is 10.6. The maximum absolute atomic E-state index is 14.5. The number of esters is 1. The van der Waals surface area contributed by atoms with Crippen LogP contribution >= 0.6 is 0 Å². The average molecular weight is 969 g/mol. The van der Waals surface area contributed by atoms with Gasteiger partial charge in [-0.15, -0.1) is 6.42 Å². The number of methoxy groups -OCH3 is 3. The topological polar surface area (TPSA) is 203 Å². The number of piperidine rings is 1. The molecule has 2 bridgehead atoms. The highest BCUT2D eigenvalue weighted by Gasteiger charge is 2.53. The first kappa shape index (κ1) is 57.9. The van der Waals surface area contributed by atoms with Gasteiger partial charge in [-0.1, -0.05) is 82.2 Å². The Bertz CT molecular complexity index is 1870. The summed E-state index contributed by atoms with van der Waals surface area (Å²) >= 11 is 0. The minimum Gasteiger partial charge on any atom is -0.460 e. The van der Waals surface area contributed by atoms with Gasteiger partial charge >= 0.3 is 5.97 Å². The van der Waals surface area contributed by atoms with E-state index in [1.165, 1.54) is 12.0 Å². The Morgan fingerprint density at radius 1 is 0.884 bits per heavy atom. The molecule has 0 aromatic rings. The van der Waals surface area contributed by atoms with Crippen LogP contribution < -0.4 is 0 Å². The summed E-state index contributed by atoms with van der Waals surface area (Å²) in [6.45, 7) is 13.3. The van der Waals surface area contributed by atoms with Crippen LogP contribution in [0.25, 0.3) is 0 Å². The van der Waals surface area contributed by atoms with Crippen molar-refractivity contribution in [3.63, 3.8) is 0 Å². The first-order valence-electron chi connectivity index (χ1n) is 25.2. The summed E-state index contributed by atoms with van der Waals surface area (Å²) in [6.07, 6.45) is 17.0. The second-order valence-corrected chi connectivity index (χ2v) is 20.4. The molecule has 0 radical (unpaired) electrons. The molecule has 4 N–H and O–H groups in total. The molecule has 0 spiro atoms. The molecule has 0 unspecified atom stereocenters. The minimum absolute atomic E-state index is 0.0260. The van der Waals surface area contributed by atoms with E-state index in [2.05, 4.69) is 24.1 Å². The van der Waals surface area contributed by atoms with Crippen molar-refractivity contribution in [3.8, 4) is 12.3 Å². The molecule has 1 saturated carbocycles. The molecule has 16 atom stereocenters. The summed E-state index contributed by atoms with van der Waals surface area (Å²) in [5.74, 6) is -4.33. The molecule has 1 aliphatic carbocycles. The Hall–Kier alpha value is -3.72. The van der Waals surface area contributed by atoms with E-state index < -0.39 is 84.1 Å². The molecule has 4 aliphatic rings. The summed E-state index contributed by atoms with van der Waals surface area (Å²) in [7, 11) is 4.66. The zero-order valence-corrected chi connectivity index (χ0v) is 43.0. The van der Waals surface area contributed by atoms with Crippen molar-refractivity contribution in [1.29, 1.82) is 0 Å². The number of hydrogen-bond acceptors (Lipinski definition) is 14. The quantitative estimate of drug-likeness (QED) is 0.0520. The largest absolute Gasteiger partial charge is 0.460 e. The molecular formula is C54H84N2O13. The number of ether oxygens (including phenoxy) is 5. The number of hydrogen-bond donors (Lipinski definition) is 4. The molecule has 0 aromatic carbocycles. The van der Waals surface area contributed by atoms with Gasteiger partial charge in [0, 0.05) is 58.5 Å². The van der Waals surface area contributed by atoms with Crippen LogP contribution in [-0.2, 0) is 42.9 Å². The van der Waals surface area contributed by atoms with E-state index in [1.807, 2.05) is 52.0 Å². The van der Waals surface area contributed by atoms with E-state index in [9.17, 15) is 34.8 Å². The molecule has 3 heterocycles. The number of amides is 1. The lowest BCUT2D eigenvalue weighted by molar-refractivity contribution is -0.265. The number of Topliss-reactive ketones (excluding diaryl/α,β-unsaturated/α-hetero) is 1. The molecule has 0 aromatic heterocycles. The van der Waals surface area contributed by atoms with Crippen molar-refractivity contribution in [2.24, 2.45) is 40.7 Å². The van der Waals surface area contributed by atoms with Crippen molar-refractivity contribution in [3.05, 3.63) is 47.6 Å². The van der Waals surface area contributed by atoms with Gasteiger partial charge in [-0.3, -0.25) is 9.59 Å². The van der Waals surface area contributed by atoms with E-state index in [4.69, 9.17) is 34.9 Å². The molecule has 3 aliphatic heterocycles. The third-order valence-corrected chi connectivity index (χ3v) is 15.0. The Balaban J connectivity index is 1.75.